The number of halogens is 1. The van der Waals surface area contributed by atoms with Gasteiger partial charge in [-0.15, -0.1) is 0 Å². The van der Waals surface area contributed by atoms with E-state index in [0.29, 0.717) is 30.2 Å². The maximum atomic E-state index is 12.1. The van der Waals surface area contributed by atoms with Gasteiger partial charge < -0.3 is 10.1 Å². The van der Waals surface area contributed by atoms with E-state index < -0.39 is 0 Å². The van der Waals surface area contributed by atoms with Gasteiger partial charge in [-0.05, 0) is 49.4 Å². The number of fused-ring (bicyclic) bond motifs is 1. The molecule has 2 N–H and O–H groups in total. The topological polar surface area (TPSA) is 79.8 Å². The fourth-order valence-corrected chi connectivity index (χ4v) is 3.67. The predicted octanol–water partition coefficient (Wildman–Crippen LogP) is 5.33. The van der Waals surface area contributed by atoms with Gasteiger partial charge in [-0.1, -0.05) is 54.4 Å². The Labute approximate surface area is 199 Å². The summed E-state index contributed by atoms with van der Waals surface area (Å²) in [6.07, 6.45) is 4.35. The Bertz CT molecular complexity index is 1130. The maximum Gasteiger partial charge on any atom is 0.252 e. The molecule has 3 rings (SSSR count). The molecule has 0 unspecified atom stereocenters. The van der Waals surface area contributed by atoms with E-state index in [1.54, 1.807) is 30.5 Å². The van der Waals surface area contributed by atoms with Crippen LogP contribution in [0.5, 0.6) is 5.75 Å². The largest absolute Gasteiger partial charge is 0.493 e. The molecule has 2 amide bonds. The molecule has 33 heavy (non-hydrogen) atoms. The number of hydrogen-bond acceptors (Lipinski definition) is 4. The highest BCUT2D eigenvalue weighted by molar-refractivity contribution is 6.33. The average Bonchev–Trinajstić information content (AvgIpc) is 2.83. The summed E-state index contributed by atoms with van der Waals surface area (Å²) in [6.45, 7) is 3.09. The monoisotopic (exact) mass is 465 g/mol. The first-order valence-corrected chi connectivity index (χ1v) is 11.5. The van der Waals surface area contributed by atoms with E-state index in [-0.39, 0.29) is 11.8 Å². The zero-order valence-electron chi connectivity index (χ0n) is 18.6. The lowest BCUT2D eigenvalue weighted by Gasteiger charge is -2.09. The van der Waals surface area contributed by atoms with E-state index >= 15 is 0 Å². The van der Waals surface area contributed by atoms with Gasteiger partial charge in [0.05, 0.1) is 23.4 Å². The maximum absolute atomic E-state index is 12.1. The third kappa shape index (κ3) is 7.05. The molecule has 7 heteroatoms. The molecular weight excluding hydrogens is 438 g/mol. The Morgan fingerprint density at radius 1 is 0.970 bits per heavy atom. The minimum Gasteiger partial charge on any atom is -0.493 e. The summed E-state index contributed by atoms with van der Waals surface area (Å²) in [5, 5.41) is 9.42. The number of carbonyl (C=O) groups excluding carboxylic acids is 2. The third-order valence-electron chi connectivity index (χ3n) is 5.10. The molecule has 0 atom stereocenters. The summed E-state index contributed by atoms with van der Waals surface area (Å²) in [5.41, 5.74) is 3.96. The van der Waals surface area contributed by atoms with Crippen molar-refractivity contribution < 1.29 is 14.3 Å². The molecular formula is C26H28ClN3O3. The first kappa shape index (κ1) is 24.3. The van der Waals surface area contributed by atoms with Gasteiger partial charge in [0.25, 0.3) is 5.91 Å². The molecule has 3 aromatic rings. The zero-order chi connectivity index (χ0) is 23.5. The Hall–Kier alpha value is -3.38. The first-order chi connectivity index (χ1) is 16.1. The number of nitrogens with one attached hydrogen (secondary N) is 2. The van der Waals surface area contributed by atoms with Gasteiger partial charge in [-0.2, -0.15) is 5.10 Å². The minimum absolute atomic E-state index is 0.137. The van der Waals surface area contributed by atoms with Gasteiger partial charge >= 0.3 is 0 Å². The van der Waals surface area contributed by atoms with Crippen LogP contribution in [-0.2, 0) is 4.79 Å². The van der Waals surface area contributed by atoms with Crippen LogP contribution in [0, 0.1) is 0 Å². The van der Waals surface area contributed by atoms with E-state index in [9.17, 15) is 9.59 Å². The van der Waals surface area contributed by atoms with Gasteiger partial charge in [0.2, 0.25) is 5.91 Å². The summed E-state index contributed by atoms with van der Waals surface area (Å²) in [6, 6.07) is 18.7. The molecule has 0 aromatic heterocycles. The van der Waals surface area contributed by atoms with Crippen molar-refractivity contribution in [2.24, 2.45) is 5.10 Å². The van der Waals surface area contributed by atoms with E-state index in [1.807, 2.05) is 43.3 Å². The lowest BCUT2D eigenvalue weighted by Crippen LogP contribution is -2.24. The number of hydrazone groups is 1. The third-order valence-corrected chi connectivity index (χ3v) is 5.42. The van der Waals surface area contributed by atoms with Crippen LogP contribution >= 0.6 is 11.6 Å². The highest BCUT2D eigenvalue weighted by atomic mass is 35.5. The van der Waals surface area contributed by atoms with Crippen molar-refractivity contribution in [1.29, 1.82) is 0 Å². The summed E-state index contributed by atoms with van der Waals surface area (Å²) >= 11 is 6.02. The van der Waals surface area contributed by atoms with Crippen molar-refractivity contribution in [2.75, 3.05) is 13.2 Å². The van der Waals surface area contributed by atoms with E-state index in [4.69, 9.17) is 16.3 Å². The Kier molecular flexibility index (Phi) is 9.27. The van der Waals surface area contributed by atoms with Crippen molar-refractivity contribution in [2.45, 2.75) is 32.6 Å². The molecule has 0 aliphatic rings. The molecule has 0 bridgehead atoms. The van der Waals surface area contributed by atoms with E-state index in [1.165, 1.54) is 0 Å². The summed E-state index contributed by atoms with van der Waals surface area (Å²) in [4.78, 5) is 24.2. The van der Waals surface area contributed by atoms with Crippen LogP contribution in [0.25, 0.3) is 10.8 Å². The number of hydrogen-bond donors (Lipinski definition) is 2. The second-order valence-corrected chi connectivity index (χ2v) is 7.88. The van der Waals surface area contributed by atoms with Crippen LogP contribution in [0.2, 0.25) is 5.02 Å². The van der Waals surface area contributed by atoms with E-state index in [2.05, 4.69) is 15.8 Å². The number of nitrogens with zero attached hydrogens (tertiary/aromatic N) is 1. The number of amides is 2. The van der Waals surface area contributed by atoms with Gasteiger partial charge in [0.15, 0.2) is 0 Å². The van der Waals surface area contributed by atoms with Crippen LogP contribution in [0.1, 0.15) is 48.5 Å². The lowest BCUT2D eigenvalue weighted by atomic mass is 10.0. The van der Waals surface area contributed by atoms with Gasteiger partial charge in [0, 0.05) is 23.9 Å². The molecule has 0 aliphatic carbocycles. The number of rotatable bonds is 11. The van der Waals surface area contributed by atoms with Crippen LogP contribution in [-0.4, -0.2) is 31.2 Å². The Balaban J connectivity index is 1.38. The van der Waals surface area contributed by atoms with Crippen molar-refractivity contribution in [3.8, 4) is 5.75 Å². The molecule has 0 saturated heterocycles. The number of benzene rings is 3. The van der Waals surface area contributed by atoms with Crippen molar-refractivity contribution in [3.05, 3.63) is 76.8 Å². The van der Waals surface area contributed by atoms with Crippen LogP contribution in [0.3, 0.4) is 0 Å². The molecule has 0 spiro atoms. The second-order valence-electron chi connectivity index (χ2n) is 7.47. The highest BCUT2D eigenvalue weighted by Crippen LogP contribution is 2.27. The summed E-state index contributed by atoms with van der Waals surface area (Å²) in [7, 11) is 0. The molecule has 0 heterocycles. The Morgan fingerprint density at radius 3 is 2.52 bits per heavy atom. The van der Waals surface area contributed by atoms with Gasteiger partial charge in [-0.25, -0.2) is 5.43 Å². The molecule has 0 aliphatic heterocycles. The Morgan fingerprint density at radius 2 is 1.73 bits per heavy atom. The molecule has 172 valence electrons. The van der Waals surface area contributed by atoms with Crippen molar-refractivity contribution >= 4 is 40.4 Å². The van der Waals surface area contributed by atoms with Gasteiger partial charge in [-0.3, -0.25) is 9.59 Å². The van der Waals surface area contributed by atoms with E-state index in [0.717, 1.165) is 41.3 Å². The van der Waals surface area contributed by atoms with Crippen LogP contribution in [0.15, 0.2) is 65.8 Å². The number of carbonyl (C=O) groups is 2. The van der Waals surface area contributed by atoms with Crippen molar-refractivity contribution in [1.82, 2.24) is 10.7 Å². The average molecular weight is 466 g/mol. The summed E-state index contributed by atoms with van der Waals surface area (Å²) < 4.78 is 5.69. The predicted molar refractivity (Wildman–Crippen MR) is 133 cm³/mol. The van der Waals surface area contributed by atoms with Gasteiger partial charge in [0.1, 0.15) is 5.75 Å². The second kappa shape index (κ2) is 12.6. The first-order valence-electron chi connectivity index (χ1n) is 11.1. The lowest BCUT2D eigenvalue weighted by molar-refractivity contribution is -0.121. The number of ether oxygens (including phenoxy) is 1. The smallest absolute Gasteiger partial charge is 0.252 e. The number of unbranched alkanes of at least 4 members (excludes halogenated alkanes) is 2. The van der Waals surface area contributed by atoms with Crippen LogP contribution < -0.4 is 15.5 Å². The quantitative estimate of drug-likeness (QED) is 0.228. The summed E-state index contributed by atoms with van der Waals surface area (Å²) in [5.74, 6) is 0.508. The fourth-order valence-electron chi connectivity index (χ4n) is 3.45. The molecule has 0 fully saturated rings. The molecule has 0 saturated carbocycles. The minimum atomic E-state index is -0.186. The molecule has 0 radical (unpaired) electrons. The SMILES string of the molecule is CCOc1ccc(C=NNC(=O)CCCCCNC(=O)c2ccccc2Cl)c2ccccc12. The van der Waals surface area contributed by atoms with Crippen LogP contribution in [0.4, 0.5) is 0 Å². The zero-order valence-corrected chi connectivity index (χ0v) is 19.4. The fraction of sp³-hybridized carbons (Fsp3) is 0.269. The standard InChI is InChI=1S/C26H28ClN3O3/c1-2-33-24-16-15-19(20-10-5-6-11-21(20)24)18-29-30-25(31)14-4-3-9-17-28-26(32)22-12-7-8-13-23(22)27/h5-8,10-13,15-16,18H,2-4,9,14,17H2,1H3,(H,28,32)(H,30,31). The normalized spacial score (nSPS) is 11.0. The highest BCUT2D eigenvalue weighted by Gasteiger charge is 2.08. The van der Waals surface area contributed by atoms with Crippen molar-refractivity contribution in [3.63, 3.8) is 0 Å². The molecule has 6 nitrogen and oxygen atoms in total. The molecule has 3 aromatic carbocycles.